The summed E-state index contributed by atoms with van der Waals surface area (Å²) in [5.41, 5.74) is 10.6. The molecule has 86 valence electrons. The van der Waals surface area contributed by atoms with Crippen molar-refractivity contribution in [2.45, 2.75) is 13.0 Å². The molecule has 0 aromatic heterocycles. The molecule has 6 nitrogen and oxygen atoms in total. The lowest BCUT2D eigenvalue weighted by atomic mass is 10.2. The van der Waals surface area contributed by atoms with Gasteiger partial charge in [0.05, 0.1) is 12.6 Å². The molecule has 6 heteroatoms. The van der Waals surface area contributed by atoms with Gasteiger partial charge in [0.1, 0.15) is 0 Å². The van der Waals surface area contributed by atoms with E-state index in [1.165, 1.54) is 0 Å². The van der Waals surface area contributed by atoms with E-state index in [2.05, 4.69) is 0 Å². The lowest BCUT2D eigenvalue weighted by Gasteiger charge is -2.34. The van der Waals surface area contributed by atoms with Crippen LogP contribution in [-0.2, 0) is 9.59 Å². The zero-order valence-electron chi connectivity index (χ0n) is 8.98. The fourth-order valence-electron chi connectivity index (χ4n) is 1.63. The smallest absolute Gasteiger partial charge is 0.239 e. The van der Waals surface area contributed by atoms with Crippen molar-refractivity contribution in [1.29, 1.82) is 0 Å². The molecule has 0 saturated carbocycles. The van der Waals surface area contributed by atoms with E-state index in [0.717, 1.165) is 0 Å². The average molecular weight is 214 g/mol. The van der Waals surface area contributed by atoms with Gasteiger partial charge in [0.2, 0.25) is 11.8 Å². The first kappa shape index (κ1) is 11.9. The van der Waals surface area contributed by atoms with Crippen LogP contribution in [0, 0.1) is 0 Å². The first-order chi connectivity index (χ1) is 7.00. The number of carbonyl (C=O) groups excluding carboxylic acids is 2. The van der Waals surface area contributed by atoms with Crippen LogP contribution >= 0.6 is 0 Å². The molecule has 0 unspecified atom stereocenters. The maximum atomic E-state index is 11.5. The van der Waals surface area contributed by atoms with Crippen molar-refractivity contribution in [2.75, 3.05) is 32.7 Å². The summed E-state index contributed by atoms with van der Waals surface area (Å²) in [5, 5.41) is 0. The molecule has 2 amide bonds. The highest BCUT2D eigenvalue weighted by molar-refractivity contribution is 5.81. The zero-order valence-corrected chi connectivity index (χ0v) is 8.98. The van der Waals surface area contributed by atoms with E-state index >= 15 is 0 Å². The van der Waals surface area contributed by atoms with Crippen LogP contribution in [-0.4, -0.2) is 60.4 Å². The van der Waals surface area contributed by atoms with Gasteiger partial charge in [-0.05, 0) is 6.92 Å². The van der Waals surface area contributed by atoms with Crippen molar-refractivity contribution in [2.24, 2.45) is 11.5 Å². The highest BCUT2D eigenvalue weighted by atomic mass is 16.2. The number of primary amides is 1. The third-order valence-corrected chi connectivity index (χ3v) is 2.45. The number of hydrogen-bond donors (Lipinski definition) is 2. The summed E-state index contributed by atoms with van der Waals surface area (Å²) in [6, 6.07) is -0.451. The van der Waals surface area contributed by atoms with Gasteiger partial charge in [-0.1, -0.05) is 0 Å². The van der Waals surface area contributed by atoms with Crippen LogP contribution < -0.4 is 11.5 Å². The molecule has 0 aromatic rings. The first-order valence-electron chi connectivity index (χ1n) is 5.05. The third-order valence-electron chi connectivity index (χ3n) is 2.45. The number of amides is 2. The van der Waals surface area contributed by atoms with E-state index in [-0.39, 0.29) is 18.4 Å². The standard InChI is InChI=1S/C9H18N4O2/c1-7(10)9(15)13-4-2-12(3-5-13)6-8(11)14/h7H,2-6,10H2,1H3,(H2,11,14)/t7-/m0/s1. The molecule has 1 aliphatic heterocycles. The molecule has 1 heterocycles. The van der Waals surface area contributed by atoms with Gasteiger partial charge in [-0.25, -0.2) is 0 Å². The van der Waals surface area contributed by atoms with Crippen LogP contribution in [0.15, 0.2) is 0 Å². The molecule has 4 N–H and O–H groups in total. The van der Waals surface area contributed by atoms with Gasteiger partial charge < -0.3 is 16.4 Å². The molecular weight excluding hydrogens is 196 g/mol. The number of hydrogen-bond acceptors (Lipinski definition) is 4. The Balaban J connectivity index is 2.35. The fraction of sp³-hybridized carbons (Fsp3) is 0.778. The minimum absolute atomic E-state index is 0.0336. The van der Waals surface area contributed by atoms with Crippen molar-refractivity contribution in [1.82, 2.24) is 9.80 Å². The third kappa shape index (κ3) is 3.49. The summed E-state index contributed by atoms with van der Waals surface area (Å²) >= 11 is 0. The minimum atomic E-state index is -0.451. The predicted octanol–water partition coefficient (Wildman–Crippen LogP) is -2.04. The maximum absolute atomic E-state index is 11.5. The average Bonchev–Trinajstić information content (AvgIpc) is 2.17. The van der Waals surface area contributed by atoms with Gasteiger partial charge in [-0.2, -0.15) is 0 Å². The molecule has 0 aliphatic carbocycles. The maximum Gasteiger partial charge on any atom is 0.239 e. The Labute approximate surface area is 89.2 Å². The molecule has 0 spiro atoms. The number of nitrogens with two attached hydrogens (primary N) is 2. The van der Waals surface area contributed by atoms with E-state index in [0.29, 0.717) is 26.2 Å². The molecule has 0 bridgehead atoms. The predicted molar refractivity (Wildman–Crippen MR) is 55.9 cm³/mol. The fourth-order valence-corrected chi connectivity index (χ4v) is 1.63. The van der Waals surface area contributed by atoms with Crippen molar-refractivity contribution in [3.63, 3.8) is 0 Å². The summed E-state index contributed by atoms with van der Waals surface area (Å²) < 4.78 is 0. The van der Waals surface area contributed by atoms with Crippen LogP contribution in [0.5, 0.6) is 0 Å². The monoisotopic (exact) mass is 214 g/mol. The normalized spacial score (nSPS) is 20.0. The van der Waals surface area contributed by atoms with Crippen LogP contribution in [0.25, 0.3) is 0 Å². The molecule has 1 saturated heterocycles. The van der Waals surface area contributed by atoms with E-state index in [1.54, 1.807) is 11.8 Å². The lowest BCUT2D eigenvalue weighted by Crippen LogP contribution is -2.53. The van der Waals surface area contributed by atoms with Gasteiger partial charge in [-0.15, -0.1) is 0 Å². The van der Waals surface area contributed by atoms with Crippen molar-refractivity contribution < 1.29 is 9.59 Å². The molecule has 1 atom stereocenters. The highest BCUT2D eigenvalue weighted by Gasteiger charge is 2.23. The Morgan fingerprint density at radius 3 is 2.20 bits per heavy atom. The molecule has 1 aliphatic rings. The zero-order chi connectivity index (χ0) is 11.4. The largest absolute Gasteiger partial charge is 0.369 e. The highest BCUT2D eigenvalue weighted by Crippen LogP contribution is 2.02. The molecule has 0 radical (unpaired) electrons. The van der Waals surface area contributed by atoms with Gasteiger partial charge in [0, 0.05) is 26.2 Å². The number of carbonyl (C=O) groups is 2. The lowest BCUT2D eigenvalue weighted by molar-refractivity contribution is -0.134. The Hall–Kier alpha value is -1.14. The molecule has 1 rings (SSSR count). The molecule has 1 fully saturated rings. The summed E-state index contributed by atoms with van der Waals surface area (Å²) in [6.07, 6.45) is 0. The van der Waals surface area contributed by atoms with Crippen LogP contribution in [0.3, 0.4) is 0 Å². The van der Waals surface area contributed by atoms with Crippen LogP contribution in [0.4, 0.5) is 0 Å². The van der Waals surface area contributed by atoms with Gasteiger partial charge >= 0.3 is 0 Å². The summed E-state index contributed by atoms with van der Waals surface area (Å²) in [7, 11) is 0. The Morgan fingerprint density at radius 1 is 1.27 bits per heavy atom. The molecule has 15 heavy (non-hydrogen) atoms. The Morgan fingerprint density at radius 2 is 1.80 bits per heavy atom. The van der Waals surface area contributed by atoms with Crippen LogP contribution in [0.1, 0.15) is 6.92 Å². The second-order valence-corrected chi connectivity index (χ2v) is 3.86. The topological polar surface area (TPSA) is 92.7 Å². The minimum Gasteiger partial charge on any atom is -0.369 e. The Kier molecular flexibility index (Phi) is 4.05. The quantitative estimate of drug-likeness (QED) is 0.566. The summed E-state index contributed by atoms with van der Waals surface area (Å²) in [4.78, 5) is 25.9. The number of piperazine rings is 1. The second kappa shape index (κ2) is 5.09. The SMILES string of the molecule is C[C@H](N)C(=O)N1CCN(CC(N)=O)CC1. The van der Waals surface area contributed by atoms with E-state index < -0.39 is 6.04 Å². The second-order valence-electron chi connectivity index (χ2n) is 3.86. The van der Waals surface area contributed by atoms with E-state index in [9.17, 15) is 9.59 Å². The number of rotatable bonds is 3. The Bertz CT molecular complexity index is 246. The van der Waals surface area contributed by atoms with E-state index in [4.69, 9.17) is 11.5 Å². The number of nitrogens with zero attached hydrogens (tertiary/aromatic N) is 2. The molecule has 0 aromatic carbocycles. The molecular formula is C9H18N4O2. The van der Waals surface area contributed by atoms with Crippen molar-refractivity contribution in [3.8, 4) is 0 Å². The van der Waals surface area contributed by atoms with Crippen LogP contribution in [0.2, 0.25) is 0 Å². The van der Waals surface area contributed by atoms with Gasteiger partial charge in [-0.3, -0.25) is 14.5 Å². The van der Waals surface area contributed by atoms with Gasteiger partial charge in [0.25, 0.3) is 0 Å². The summed E-state index contributed by atoms with van der Waals surface area (Å²) in [6.45, 7) is 4.54. The summed E-state index contributed by atoms with van der Waals surface area (Å²) in [5.74, 6) is -0.365. The first-order valence-corrected chi connectivity index (χ1v) is 5.05. The van der Waals surface area contributed by atoms with Crippen molar-refractivity contribution in [3.05, 3.63) is 0 Å². The van der Waals surface area contributed by atoms with Crippen molar-refractivity contribution >= 4 is 11.8 Å². The van der Waals surface area contributed by atoms with E-state index in [1.807, 2.05) is 4.90 Å². The van der Waals surface area contributed by atoms with Gasteiger partial charge in [0.15, 0.2) is 0 Å².